The van der Waals surface area contributed by atoms with Crippen LogP contribution in [0.1, 0.15) is 41.5 Å². The average Bonchev–Trinajstić information content (AvgIpc) is 2.08. The van der Waals surface area contributed by atoms with E-state index < -0.39 is 35.8 Å². The van der Waals surface area contributed by atoms with E-state index >= 15 is 0 Å². The van der Waals surface area contributed by atoms with E-state index in [0.717, 1.165) is 41.5 Å². The van der Waals surface area contributed by atoms with Crippen LogP contribution in [-0.2, 0) is 85.4 Å². The van der Waals surface area contributed by atoms with Crippen LogP contribution in [0.15, 0.2) is 0 Å². The summed E-state index contributed by atoms with van der Waals surface area (Å²) in [6.45, 7) is 6.50. The second-order valence-corrected chi connectivity index (χ2v) is 3.11. The zero-order valence-corrected chi connectivity index (χ0v) is 18.9. The topological polar surface area (TPSA) is 252 Å². The van der Waals surface area contributed by atoms with Crippen LogP contribution in [0.2, 0.25) is 0 Å². The molecule has 167 valence electrons. The molecule has 0 aromatic heterocycles. The molecule has 0 aliphatic rings. The molecule has 0 amide bonds. The van der Waals surface area contributed by atoms with Crippen LogP contribution in [0.4, 0.5) is 0 Å². The number of hydrogen-bond donors (Lipinski definition) is 6. The van der Waals surface area contributed by atoms with E-state index in [2.05, 4.69) is 0 Å². The fourth-order valence-electron chi connectivity index (χ4n) is 0. The van der Waals surface area contributed by atoms with Crippen molar-refractivity contribution in [2.75, 3.05) is 0 Å². The number of aliphatic carboxylic acids is 6. The molecule has 0 aromatic carbocycles. The van der Waals surface area contributed by atoms with E-state index in [0.29, 0.717) is 0 Å². The van der Waals surface area contributed by atoms with Gasteiger partial charge in [0.15, 0.2) is 0 Å². The van der Waals surface area contributed by atoms with Gasteiger partial charge in [0.25, 0.3) is 35.8 Å². The van der Waals surface area contributed by atoms with Gasteiger partial charge in [0, 0.05) is 41.5 Å². The Balaban J connectivity index is -0.0000000169. The molecule has 28 heavy (non-hydrogen) atoms. The summed E-state index contributed by atoms with van der Waals surface area (Å²) in [6, 6.07) is 0. The number of carboxylic acid groups (broad SMARTS) is 6. The molecule has 0 saturated carbocycles. The molecule has 0 unspecified atom stereocenters. The minimum absolute atomic E-state index is 0. The minimum Gasteiger partial charge on any atom is -2.00 e. The summed E-state index contributed by atoms with van der Waals surface area (Å²) in [5, 5.41) is 44.5. The van der Waals surface area contributed by atoms with Crippen molar-refractivity contribution in [3.8, 4) is 0 Å². The van der Waals surface area contributed by atoms with Crippen LogP contribution < -0.4 is 0 Å². The molecular formula is C12H24Fe3O13+7. The smallest absolute Gasteiger partial charge is 2.00 e. The molecule has 0 atom stereocenters. The standard InChI is InChI=1S/6C2H4O2.3Fe.O/c6*1-2(3)4;;;;/h6*1H3,(H,3,4);;;;/q;;;;;;3*+3;-2. The normalized spacial score (nSPS) is 5.36. The van der Waals surface area contributed by atoms with Crippen molar-refractivity contribution in [1.29, 1.82) is 0 Å². The summed E-state index contributed by atoms with van der Waals surface area (Å²) in [7, 11) is 0. The molecule has 13 nitrogen and oxygen atoms in total. The van der Waals surface area contributed by atoms with Crippen LogP contribution in [-0.4, -0.2) is 66.5 Å². The maximum Gasteiger partial charge on any atom is 3.00 e. The van der Waals surface area contributed by atoms with Crippen molar-refractivity contribution in [3.63, 3.8) is 0 Å². The first kappa shape index (κ1) is 63.3. The first-order valence-electron chi connectivity index (χ1n) is 5.57. The monoisotopic (exact) mass is 544 g/mol. The molecule has 0 heterocycles. The van der Waals surface area contributed by atoms with Gasteiger partial charge in [-0.3, -0.25) is 28.8 Å². The molecular weight excluding hydrogens is 520 g/mol. The minimum atomic E-state index is -0.833. The van der Waals surface area contributed by atoms with Crippen LogP contribution in [0, 0.1) is 0 Å². The third-order valence-corrected chi connectivity index (χ3v) is 0. The number of rotatable bonds is 0. The largest absolute Gasteiger partial charge is 3.00 e. The van der Waals surface area contributed by atoms with Crippen LogP contribution in [0.3, 0.4) is 0 Å². The van der Waals surface area contributed by atoms with E-state index in [1.54, 1.807) is 0 Å². The Kier molecular flexibility index (Phi) is 127. The number of carboxylic acids is 6. The third-order valence-electron chi connectivity index (χ3n) is 0. The van der Waals surface area contributed by atoms with Gasteiger partial charge in [-0.25, -0.2) is 0 Å². The predicted molar refractivity (Wildman–Crippen MR) is 80.5 cm³/mol. The third kappa shape index (κ3) is 4800. The molecule has 6 N–H and O–H groups in total. The predicted octanol–water partition coefficient (Wildman–Crippen LogP) is 0.419. The van der Waals surface area contributed by atoms with Gasteiger partial charge < -0.3 is 36.1 Å². The van der Waals surface area contributed by atoms with Gasteiger partial charge in [-0.1, -0.05) is 0 Å². The molecule has 16 heteroatoms. The van der Waals surface area contributed by atoms with E-state index in [1.165, 1.54) is 0 Å². The molecule has 0 bridgehead atoms. The number of hydrogen-bond acceptors (Lipinski definition) is 6. The summed E-state index contributed by atoms with van der Waals surface area (Å²) in [6.07, 6.45) is 0. The molecule has 3 radical (unpaired) electrons. The fourth-order valence-corrected chi connectivity index (χ4v) is 0. The second kappa shape index (κ2) is 56.2. The fraction of sp³-hybridized carbons (Fsp3) is 0.500. The first-order valence-corrected chi connectivity index (χ1v) is 5.57. The Morgan fingerprint density at radius 2 is 0.357 bits per heavy atom. The Morgan fingerprint density at radius 1 is 0.357 bits per heavy atom. The van der Waals surface area contributed by atoms with E-state index in [9.17, 15) is 0 Å². The van der Waals surface area contributed by atoms with Crippen LogP contribution >= 0.6 is 0 Å². The Hall–Kier alpha value is -1.66. The van der Waals surface area contributed by atoms with Crippen molar-refractivity contribution in [2.24, 2.45) is 0 Å². The summed E-state index contributed by atoms with van der Waals surface area (Å²) < 4.78 is 0. The van der Waals surface area contributed by atoms with E-state index in [1.807, 2.05) is 0 Å². The Morgan fingerprint density at radius 3 is 0.357 bits per heavy atom. The second-order valence-electron chi connectivity index (χ2n) is 3.11. The molecule has 0 saturated heterocycles. The zero-order valence-electron chi connectivity index (χ0n) is 15.6. The Bertz CT molecular complexity index is 270. The van der Waals surface area contributed by atoms with Gasteiger partial charge in [-0.05, 0) is 0 Å². The average molecular weight is 544 g/mol. The van der Waals surface area contributed by atoms with Crippen molar-refractivity contribution < 1.29 is 116 Å². The first-order chi connectivity index (χ1) is 10.4. The van der Waals surface area contributed by atoms with Crippen molar-refractivity contribution >= 4 is 35.8 Å². The van der Waals surface area contributed by atoms with Crippen molar-refractivity contribution in [3.05, 3.63) is 0 Å². The maximum atomic E-state index is 9.00. The molecule has 0 aromatic rings. The summed E-state index contributed by atoms with van der Waals surface area (Å²) in [5.74, 6) is -5.00. The van der Waals surface area contributed by atoms with Crippen molar-refractivity contribution in [1.82, 2.24) is 0 Å². The Labute approximate surface area is 193 Å². The van der Waals surface area contributed by atoms with Gasteiger partial charge in [0.1, 0.15) is 0 Å². The van der Waals surface area contributed by atoms with Crippen molar-refractivity contribution in [2.45, 2.75) is 41.5 Å². The quantitative estimate of drug-likeness (QED) is 0.227. The van der Waals surface area contributed by atoms with Gasteiger partial charge in [-0.15, -0.1) is 0 Å². The van der Waals surface area contributed by atoms with Gasteiger partial charge in [-0.2, -0.15) is 0 Å². The molecule has 0 fully saturated rings. The SMILES string of the molecule is CC(=O)O.CC(=O)O.CC(=O)O.CC(=O)O.CC(=O)O.CC(=O)O.[Fe+3].[Fe+3].[Fe+3].[O-2]. The van der Waals surface area contributed by atoms with Gasteiger partial charge >= 0.3 is 51.2 Å². The zero-order chi connectivity index (χ0) is 21.5. The van der Waals surface area contributed by atoms with Gasteiger partial charge in [0.2, 0.25) is 0 Å². The summed E-state index contributed by atoms with van der Waals surface area (Å²) in [4.78, 5) is 54.0. The van der Waals surface area contributed by atoms with Gasteiger partial charge in [0.05, 0.1) is 0 Å². The number of carbonyl (C=O) groups is 6. The molecule has 0 spiro atoms. The van der Waals surface area contributed by atoms with Crippen LogP contribution in [0.5, 0.6) is 0 Å². The maximum absolute atomic E-state index is 9.00. The molecule has 0 aliphatic carbocycles. The summed E-state index contributed by atoms with van der Waals surface area (Å²) in [5.41, 5.74) is 0. The van der Waals surface area contributed by atoms with E-state index in [-0.39, 0.29) is 56.7 Å². The molecule has 0 aliphatic heterocycles. The van der Waals surface area contributed by atoms with Crippen LogP contribution in [0.25, 0.3) is 0 Å². The summed E-state index contributed by atoms with van der Waals surface area (Å²) >= 11 is 0. The molecule has 0 rings (SSSR count). The van der Waals surface area contributed by atoms with E-state index in [4.69, 9.17) is 59.4 Å².